The molecule has 1 amide bonds. The molecule has 1 aliphatic carbocycles. The number of anilines is 1. The van der Waals surface area contributed by atoms with E-state index in [0.717, 1.165) is 29.4 Å². The number of thioether (sulfide) groups is 1. The van der Waals surface area contributed by atoms with Crippen molar-refractivity contribution in [3.05, 3.63) is 28.5 Å². The van der Waals surface area contributed by atoms with E-state index in [2.05, 4.69) is 33.9 Å². The molecule has 26 heavy (non-hydrogen) atoms. The summed E-state index contributed by atoms with van der Waals surface area (Å²) in [7, 11) is 1.55. The Morgan fingerprint density at radius 3 is 2.77 bits per heavy atom. The van der Waals surface area contributed by atoms with Crippen LogP contribution in [0.25, 0.3) is 0 Å². The summed E-state index contributed by atoms with van der Waals surface area (Å²) >= 11 is 7.52. The Balaban J connectivity index is 1.68. The van der Waals surface area contributed by atoms with Crippen LogP contribution in [0.2, 0.25) is 5.02 Å². The minimum Gasteiger partial charge on any atom is -0.495 e. The first-order chi connectivity index (χ1) is 12.4. The number of benzene rings is 1. The van der Waals surface area contributed by atoms with Crippen LogP contribution in [0.3, 0.4) is 0 Å². The first kappa shape index (κ1) is 19.0. The van der Waals surface area contributed by atoms with Crippen molar-refractivity contribution in [1.82, 2.24) is 14.8 Å². The Hall–Kier alpha value is -1.73. The van der Waals surface area contributed by atoms with Crippen molar-refractivity contribution in [3.63, 3.8) is 0 Å². The van der Waals surface area contributed by atoms with E-state index in [9.17, 15) is 4.79 Å². The number of aryl methyl sites for hydroxylation is 1. The van der Waals surface area contributed by atoms with Crippen LogP contribution < -0.4 is 10.1 Å². The number of hydrogen-bond acceptors (Lipinski definition) is 5. The summed E-state index contributed by atoms with van der Waals surface area (Å²) in [4.78, 5) is 12.4. The van der Waals surface area contributed by atoms with Gasteiger partial charge in [0.2, 0.25) is 5.91 Å². The van der Waals surface area contributed by atoms with E-state index in [-0.39, 0.29) is 11.7 Å². The molecule has 1 fully saturated rings. The third-order valence-corrected chi connectivity index (χ3v) is 5.56. The van der Waals surface area contributed by atoms with Crippen LogP contribution in [0, 0.1) is 6.92 Å². The fourth-order valence-corrected chi connectivity index (χ4v) is 3.67. The van der Waals surface area contributed by atoms with Gasteiger partial charge in [-0.05, 0) is 31.4 Å². The molecule has 0 aliphatic heterocycles. The van der Waals surface area contributed by atoms with E-state index in [1.807, 2.05) is 13.0 Å². The topological polar surface area (TPSA) is 69.0 Å². The highest BCUT2D eigenvalue weighted by Crippen LogP contribution is 2.40. The molecule has 1 heterocycles. The zero-order valence-electron chi connectivity index (χ0n) is 15.4. The number of halogens is 1. The molecule has 3 rings (SSSR count). The molecule has 0 saturated heterocycles. The van der Waals surface area contributed by atoms with Crippen LogP contribution in [0.4, 0.5) is 5.69 Å². The molecule has 1 aromatic carbocycles. The molecule has 1 N–H and O–H groups in total. The van der Waals surface area contributed by atoms with Gasteiger partial charge < -0.3 is 14.6 Å². The van der Waals surface area contributed by atoms with Crippen molar-refractivity contribution in [1.29, 1.82) is 0 Å². The number of nitrogens with one attached hydrogen (secondary N) is 1. The lowest BCUT2D eigenvalue weighted by Crippen LogP contribution is -2.15. The van der Waals surface area contributed by atoms with Crippen molar-refractivity contribution in [2.24, 2.45) is 0 Å². The predicted molar refractivity (Wildman–Crippen MR) is 104 cm³/mol. The number of rotatable bonds is 7. The van der Waals surface area contributed by atoms with Crippen LogP contribution >= 0.6 is 23.4 Å². The van der Waals surface area contributed by atoms with Crippen molar-refractivity contribution >= 4 is 35.0 Å². The molecule has 0 unspecified atom stereocenters. The number of hydrogen-bond donors (Lipinski definition) is 1. The maximum Gasteiger partial charge on any atom is 0.234 e. The summed E-state index contributed by atoms with van der Waals surface area (Å²) < 4.78 is 7.49. The Morgan fingerprint density at radius 2 is 2.15 bits per heavy atom. The summed E-state index contributed by atoms with van der Waals surface area (Å²) in [5.41, 5.74) is 1.50. The highest BCUT2D eigenvalue weighted by molar-refractivity contribution is 7.99. The molecular formula is C18H23ClN4O2S. The fourth-order valence-electron chi connectivity index (χ4n) is 2.70. The van der Waals surface area contributed by atoms with E-state index in [1.54, 1.807) is 13.2 Å². The molecule has 6 nitrogen and oxygen atoms in total. The maximum atomic E-state index is 12.4. The standard InChI is InChI=1S/C18H23ClN4O2S/c1-10(2)17-21-22-18(23(17)12-5-6-12)26-9-16(24)20-14-7-11(3)13(19)8-15(14)25-4/h7-8,10,12H,5-6,9H2,1-4H3,(H,20,24). The normalized spacial score (nSPS) is 13.9. The van der Waals surface area contributed by atoms with Gasteiger partial charge in [0.05, 0.1) is 18.6 Å². The van der Waals surface area contributed by atoms with Gasteiger partial charge in [0.25, 0.3) is 0 Å². The van der Waals surface area contributed by atoms with Crippen LogP contribution in [0.1, 0.15) is 50.0 Å². The SMILES string of the molecule is COc1cc(Cl)c(C)cc1NC(=O)CSc1nnc(C(C)C)n1C1CC1. The van der Waals surface area contributed by atoms with E-state index in [0.29, 0.717) is 28.4 Å². The summed E-state index contributed by atoms with van der Waals surface area (Å²) in [5.74, 6) is 1.99. The minimum atomic E-state index is -0.119. The second kappa shape index (κ2) is 7.88. The van der Waals surface area contributed by atoms with E-state index >= 15 is 0 Å². The Morgan fingerprint density at radius 1 is 1.42 bits per heavy atom. The molecule has 0 spiro atoms. The molecule has 1 saturated carbocycles. The first-order valence-electron chi connectivity index (χ1n) is 8.62. The molecule has 2 aromatic rings. The van der Waals surface area contributed by atoms with Gasteiger partial charge >= 0.3 is 0 Å². The van der Waals surface area contributed by atoms with Crippen molar-refractivity contribution in [3.8, 4) is 5.75 Å². The van der Waals surface area contributed by atoms with Crippen molar-refractivity contribution in [2.75, 3.05) is 18.2 Å². The number of aromatic nitrogens is 3. The van der Waals surface area contributed by atoms with Crippen molar-refractivity contribution < 1.29 is 9.53 Å². The van der Waals surface area contributed by atoms with Gasteiger partial charge in [0.15, 0.2) is 5.16 Å². The third kappa shape index (κ3) is 4.15. The van der Waals surface area contributed by atoms with Gasteiger partial charge in [-0.1, -0.05) is 37.2 Å². The largest absolute Gasteiger partial charge is 0.495 e. The molecule has 1 aliphatic rings. The van der Waals surface area contributed by atoms with Crippen LogP contribution in [-0.2, 0) is 4.79 Å². The third-order valence-electron chi connectivity index (χ3n) is 4.21. The fraction of sp³-hybridized carbons (Fsp3) is 0.500. The monoisotopic (exact) mass is 394 g/mol. The lowest BCUT2D eigenvalue weighted by molar-refractivity contribution is -0.113. The molecular weight excluding hydrogens is 372 g/mol. The van der Waals surface area contributed by atoms with Crippen LogP contribution in [0.5, 0.6) is 5.75 Å². The second-order valence-electron chi connectivity index (χ2n) is 6.74. The zero-order valence-corrected chi connectivity index (χ0v) is 16.9. The summed E-state index contributed by atoms with van der Waals surface area (Å²) in [5, 5.41) is 12.9. The van der Waals surface area contributed by atoms with Gasteiger partial charge in [-0.3, -0.25) is 4.79 Å². The second-order valence-corrected chi connectivity index (χ2v) is 8.08. The Labute approximate surface area is 162 Å². The summed E-state index contributed by atoms with van der Waals surface area (Å²) in [6.45, 7) is 6.11. The molecule has 0 radical (unpaired) electrons. The summed E-state index contributed by atoms with van der Waals surface area (Å²) in [6.07, 6.45) is 2.30. The van der Waals surface area contributed by atoms with Crippen LogP contribution in [0.15, 0.2) is 17.3 Å². The quantitative estimate of drug-likeness (QED) is 0.703. The molecule has 1 aromatic heterocycles. The lowest BCUT2D eigenvalue weighted by atomic mass is 10.2. The van der Waals surface area contributed by atoms with Gasteiger partial charge in [0.1, 0.15) is 11.6 Å². The van der Waals surface area contributed by atoms with E-state index in [1.165, 1.54) is 11.8 Å². The molecule has 140 valence electrons. The number of nitrogens with zero attached hydrogens (tertiary/aromatic N) is 3. The number of amides is 1. The first-order valence-corrected chi connectivity index (χ1v) is 9.98. The highest BCUT2D eigenvalue weighted by Gasteiger charge is 2.30. The average molecular weight is 395 g/mol. The Bertz CT molecular complexity index is 818. The van der Waals surface area contributed by atoms with Gasteiger partial charge in [-0.15, -0.1) is 10.2 Å². The molecule has 0 atom stereocenters. The Kier molecular flexibility index (Phi) is 5.77. The maximum absolute atomic E-state index is 12.4. The number of carbonyl (C=O) groups excluding carboxylic acids is 1. The lowest BCUT2D eigenvalue weighted by Gasteiger charge is -2.13. The minimum absolute atomic E-state index is 0.119. The number of methoxy groups -OCH3 is 1. The predicted octanol–water partition coefficient (Wildman–Crippen LogP) is 4.44. The van der Waals surface area contributed by atoms with Crippen molar-refractivity contribution in [2.45, 2.75) is 50.7 Å². The molecule has 8 heteroatoms. The highest BCUT2D eigenvalue weighted by atomic mass is 35.5. The van der Waals surface area contributed by atoms with Crippen LogP contribution in [-0.4, -0.2) is 33.5 Å². The van der Waals surface area contributed by atoms with E-state index < -0.39 is 0 Å². The van der Waals surface area contributed by atoms with Gasteiger partial charge in [0, 0.05) is 23.0 Å². The number of ether oxygens (including phenoxy) is 1. The smallest absolute Gasteiger partial charge is 0.234 e. The number of carbonyl (C=O) groups is 1. The summed E-state index contributed by atoms with van der Waals surface area (Å²) in [6, 6.07) is 4.00. The molecule has 0 bridgehead atoms. The van der Waals surface area contributed by atoms with Gasteiger partial charge in [-0.2, -0.15) is 0 Å². The zero-order chi connectivity index (χ0) is 18.8. The van der Waals surface area contributed by atoms with E-state index in [4.69, 9.17) is 16.3 Å². The average Bonchev–Trinajstić information content (AvgIpc) is 3.34. The van der Waals surface area contributed by atoms with Gasteiger partial charge in [-0.25, -0.2) is 0 Å².